The van der Waals surface area contributed by atoms with Gasteiger partial charge in [0.05, 0.1) is 0 Å². The predicted molar refractivity (Wildman–Crippen MR) is 50.2 cm³/mol. The van der Waals surface area contributed by atoms with Crippen LogP contribution in [0.25, 0.3) is 11.4 Å². The quantitative estimate of drug-likeness (QED) is 0.758. The smallest absolute Gasteiger partial charge is 0.358 e. The second kappa shape index (κ2) is 3.52. The lowest BCUT2D eigenvalue weighted by Gasteiger charge is -1.93. The van der Waals surface area contributed by atoms with E-state index in [0.717, 1.165) is 6.54 Å². The Morgan fingerprint density at radius 2 is 2.40 bits per heavy atom. The van der Waals surface area contributed by atoms with Crippen molar-refractivity contribution in [1.29, 1.82) is 0 Å². The highest BCUT2D eigenvalue weighted by atomic mass is 16.4. The van der Waals surface area contributed by atoms with Crippen LogP contribution in [-0.2, 0) is 6.54 Å². The fourth-order valence-electron chi connectivity index (χ4n) is 1.22. The molecular weight excluding hydrogens is 198 g/mol. The number of carboxylic acids is 1. The van der Waals surface area contributed by atoms with Crippen LogP contribution in [0.3, 0.4) is 0 Å². The Hall–Kier alpha value is -2.18. The first-order chi connectivity index (χ1) is 7.22. The van der Waals surface area contributed by atoms with Crippen molar-refractivity contribution in [3.63, 3.8) is 0 Å². The summed E-state index contributed by atoms with van der Waals surface area (Å²) in [5.41, 5.74) is 0.647. The number of carboxylic acid groups (broad SMARTS) is 1. The Balaban J connectivity index is 2.44. The Bertz CT molecular complexity index is 487. The van der Waals surface area contributed by atoms with Crippen molar-refractivity contribution in [3.05, 3.63) is 18.0 Å². The van der Waals surface area contributed by atoms with Gasteiger partial charge in [-0.1, -0.05) is 0 Å². The highest BCUT2D eigenvalue weighted by molar-refractivity contribution is 5.91. The molecule has 0 aliphatic carbocycles. The minimum Gasteiger partial charge on any atom is -0.476 e. The van der Waals surface area contributed by atoms with Gasteiger partial charge >= 0.3 is 5.97 Å². The Morgan fingerprint density at radius 3 is 3.00 bits per heavy atom. The van der Waals surface area contributed by atoms with E-state index in [2.05, 4.69) is 20.5 Å². The summed E-state index contributed by atoms with van der Waals surface area (Å²) >= 11 is 0. The number of aromatic amines is 1. The summed E-state index contributed by atoms with van der Waals surface area (Å²) in [6.45, 7) is 2.66. The highest BCUT2D eigenvalue weighted by Crippen LogP contribution is 2.16. The molecule has 15 heavy (non-hydrogen) atoms. The van der Waals surface area contributed by atoms with Crippen LogP contribution >= 0.6 is 0 Å². The summed E-state index contributed by atoms with van der Waals surface area (Å²) in [4.78, 5) is 10.8. The second-order valence-corrected chi connectivity index (χ2v) is 2.88. The van der Waals surface area contributed by atoms with Crippen LogP contribution in [0.2, 0.25) is 0 Å². The van der Waals surface area contributed by atoms with E-state index in [-0.39, 0.29) is 11.4 Å². The lowest BCUT2D eigenvalue weighted by Crippen LogP contribution is -2.00. The SMILES string of the molecule is CCn1ccc(-c2n[nH]nc2C(=O)O)n1. The minimum absolute atomic E-state index is 0.114. The number of nitrogens with one attached hydrogen (secondary N) is 1. The monoisotopic (exact) mass is 207 g/mol. The molecule has 0 amide bonds. The number of hydrogen-bond acceptors (Lipinski definition) is 4. The minimum atomic E-state index is -1.12. The van der Waals surface area contributed by atoms with Gasteiger partial charge in [-0.25, -0.2) is 4.79 Å². The Labute approximate surface area is 84.7 Å². The van der Waals surface area contributed by atoms with Crippen LogP contribution < -0.4 is 0 Å². The second-order valence-electron chi connectivity index (χ2n) is 2.88. The molecule has 0 atom stereocenters. The molecule has 2 heterocycles. The highest BCUT2D eigenvalue weighted by Gasteiger charge is 2.18. The number of aryl methyl sites for hydroxylation is 1. The molecule has 0 unspecified atom stereocenters. The zero-order chi connectivity index (χ0) is 10.8. The van der Waals surface area contributed by atoms with Crippen molar-refractivity contribution < 1.29 is 9.90 Å². The van der Waals surface area contributed by atoms with Crippen molar-refractivity contribution >= 4 is 5.97 Å². The maximum Gasteiger partial charge on any atom is 0.358 e. The molecule has 0 bridgehead atoms. The molecule has 0 fully saturated rings. The third kappa shape index (κ3) is 1.58. The molecule has 0 radical (unpaired) electrons. The summed E-state index contributed by atoms with van der Waals surface area (Å²) in [6.07, 6.45) is 1.76. The van der Waals surface area contributed by atoms with E-state index in [0.29, 0.717) is 5.69 Å². The first-order valence-corrected chi connectivity index (χ1v) is 4.40. The lowest BCUT2D eigenvalue weighted by molar-refractivity contribution is 0.0691. The molecule has 2 aromatic heterocycles. The molecule has 7 nitrogen and oxygen atoms in total. The largest absolute Gasteiger partial charge is 0.476 e. The molecule has 78 valence electrons. The van der Waals surface area contributed by atoms with E-state index >= 15 is 0 Å². The molecule has 7 heteroatoms. The number of aromatic nitrogens is 5. The van der Waals surface area contributed by atoms with Gasteiger partial charge in [0.2, 0.25) is 0 Å². The Kier molecular flexibility index (Phi) is 2.20. The van der Waals surface area contributed by atoms with Crippen LogP contribution in [0.1, 0.15) is 17.4 Å². The first kappa shape index (κ1) is 9.38. The van der Waals surface area contributed by atoms with E-state index in [1.54, 1.807) is 16.9 Å². The van der Waals surface area contributed by atoms with Gasteiger partial charge in [0.25, 0.3) is 0 Å². The number of H-pyrrole nitrogens is 1. The molecule has 0 saturated heterocycles. The molecule has 0 spiro atoms. The first-order valence-electron chi connectivity index (χ1n) is 4.40. The van der Waals surface area contributed by atoms with Gasteiger partial charge in [-0.15, -0.1) is 5.10 Å². The summed E-state index contributed by atoms with van der Waals surface area (Å²) < 4.78 is 1.69. The van der Waals surface area contributed by atoms with Crippen LogP contribution in [0.4, 0.5) is 0 Å². The zero-order valence-electron chi connectivity index (χ0n) is 8.01. The topological polar surface area (TPSA) is 96.7 Å². The molecule has 0 aliphatic rings. The normalized spacial score (nSPS) is 10.5. The number of nitrogens with zero attached hydrogens (tertiary/aromatic N) is 4. The third-order valence-corrected chi connectivity index (χ3v) is 1.96. The number of carbonyl (C=O) groups is 1. The van der Waals surface area contributed by atoms with Gasteiger partial charge in [0.1, 0.15) is 11.4 Å². The maximum atomic E-state index is 10.8. The molecule has 2 aromatic rings. The van der Waals surface area contributed by atoms with Crippen molar-refractivity contribution in [2.45, 2.75) is 13.5 Å². The average Bonchev–Trinajstić information content (AvgIpc) is 2.85. The number of rotatable bonds is 3. The fourth-order valence-corrected chi connectivity index (χ4v) is 1.22. The predicted octanol–water partition coefficient (Wildman–Crippen LogP) is 0.386. The molecule has 2 N–H and O–H groups in total. The summed E-state index contributed by atoms with van der Waals surface area (Å²) in [5, 5.41) is 22.5. The van der Waals surface area contributed by atoms with Crippen LogP contribution in [0, 0.1) is 0 Å². The zero-order valence-corrected chi connectivity index (χ0v) is 8.01. The van der Waals surface area contributed by atoms with E-state index in [4.69, 9.17) is 5.11 Å². The summed E-state index contributed by atoms with van der Waals surface area (Å²) in [7, 11) is 0. The maximum absolute atomic E-state index is 10.8. The van der Waals surface area contributed by atoms with E-state index < -0.39 is 5.97 Å². The lowest BCUT2D eigenvalue weighted by atomic mass is 10.2. The van der Waals surface area contributed by atoms with E-state index in [9.17, 15) is 4.79 Å². The number of hydrogen-bond donors (Lipinski definition) is 2. The summed E-state index contributed by atoms with van der Waals surface area (Å²) in [5.74, 6) is -1.12. The number of aromatic carboxylic acids is 1. The third-order valence-electron chi connectivity index (χ3n) is 1.96. The molecule has 0 aliphatic heterocycles. The van der Waals surface area contributed by atoms with Crippen molar-refractivity contribution in [2.24, 2.45) is 0 Å². The van der Waals surface area contributed by atoms with Crippen molar-refractivity contribution in [2.75, 3.05) is 0 Å². The molecule has 2 rings (SSSR count). The van der Waals surface area contributed by atoms with E-state index in [1.165, 1.54) is 0 Å². The van der Waals surface area contributed by atoms with Crippen LogP contribution in [0.15, 0.2) is 12.3 Å². The van der Waals surface area contributed by atoms with Gasteiger partial charge in [-0.05, 0) is 13.0 Å². The van der Waals surface area contributed by atoms with Crippen molar-refractivity contribution in [1.82, 2.24) is 25.2 Å². The van der Waals surface area contributed by atoms with Gasteiger partial charge in [-0.2, -0.15) is 15.4 Å². The fraction of sp³-hybridized carbons (Fsp3) is 0.250. The van der Waals surface area contributed by atoms with E-state index in [1.807, 2.05) is 6.92 Å². The van der Waals surface area contributed by atoms with Gasteiger partial charge in [-0.3, -0.25) is 4.68 Å². The van der Waals surface area contributed by atoms with Gasteiger partial charge in [0.15, 0.2) is 5.69 Å². The van der Waals surface area contributed by atoms with Crippen molar-refractivity contribution in [3.8, 4) is 11.4 Å². The standard InChI is InChI=1S/C8H9N5O2/c1-2-13-4-3-5(11-13)6-7(8(14)15)10-12-9-6/h3-4H,2H2,1H3,(H,14,15)(H,9,10,12). The molecular formula is C8H9N5O2. The molecule has 0 saturated carbocycles. The van der Waals surface area contributed by atoms with Crippen LogP contribution in [-0.4, -0.2) is 36.3 Å². The molecule has 0 aromatic carbocycles. The summed E-state index contributed by atoms with van der Waals surface area (Å²) in [6, 6.07) is 1.70. The van der Waals surface area contributed by atoms with Gasteiger partial charge < -0.3 is 5.11 Å². The van der Waals surface area contributed by atoms with Crippen LogP contribution in [0.5, 0.6) is 0 Å². The Morgan fingerprint density at radius 1 is 1.60 bits per heavy atom. The van der Waals surface area contributed by atoms with Gasteiger partial charge in [0, 0.05) is 12.7 Å². The average molecular weight is 207 g/mol.